The molecule has 0 fully saturated rings. The Kier molecular flexibility index (Phi) is 4.61. The predicted octanol–water partition coefficient (Wildman–Crippen LogP) is 4.18. The number of benzene rings is 2. The highest BCUT2D eigenvalue weighted by atomic mass is 32.2. The summed E-state index contributed by atoms with van der Waals surface area (Å²) in [6.45, 7) is 3.97. The van der Waals surface area contributed by atoms with Crippen molar-refractivity contribution in [1.29, 1.82) is 0 Å². The molecule has 3 heteroatoms. The van der Waals surface area contributed by atoms with Crippen molar-refractivity contribution in [3.05, 3.63) is 59.4 Å². The van der Waals surface area contributed by atoms with E-state index >= 15 is 0 Å². The van der Waals surface area contributed by atoms with E-state index in [2.05, 4.69) is 0 Å². The Morgan fingerprint density at radius 2 is 1.89 bits per heavy atom. The van der Waals surface area contributed by atoms with Gasteiger partial charge < -0.3 is 5.73 Å². The smallest absolute Gasteiger partial charge is 0.137 e. The number of hydrogen-bond acceptors (Lipinski definition) is 2. The van der Waals surface area contributed by atoms with Crippen LogP contribution in [0, 0.1) is 12.7 Å². The average molecular weight is 275 g/mol. The topological polar surface area (TPSA) is 26.0 Å². The van der Waals surface area contributed by atoms with Crippen molar-refractivity contribution >= 4 is 11.8 Å². The SMILES string of the molecule is Cc1ccccc1Sc1c(F)cccc1CC(C)N. The lowest BCUT2D eigenvalue weighted by Gasteiger charge is -2.13. The first-order chi connectivity index (χ1) is 9.08. The van der Waals surface area contributed by atoms with Crippen molar-refractivity contribution in [2.45, 2.75) is 36.1 Å². The van der Waals surface area contributed by atoms with Crippen molar-refractivity contribution in [3.63, 3.8) is 0 Å². The highest BCUT2D eigenvalue weighted by molar-refractivity contribution is 7.99. The van der Waals surface area contributed by atoms with Gasteiger partial charge in [-0.05, 0) is 43.5 Å². The van der Waals surface area contributed by atoms with E-state index in [1.54, 1.807) is 6.07 Å². The van der Waals surface area contributed by atoms with Gasteiger partial charge in [-0.2, -0.15) is 0 Å². The lowest BCUT2D eigenvalue weighted by Crippen LogP contribution is -2.18. The van der Waals surface area contributed by atoms with Crippen molar-refractivity contribution in [2.24, 2.45) is 5.73 Å². The summed E-state index contributed by atoms with van der Waals surface area (Å²) in [6.07, 6.45) is 0.686. The van der Waals surface area contributed by atoms with E-state index in [4.69, 9.17) is 5.73 Å². The van der Waals surface area contributed by atoms with E-state index in [0.717, 1.165) is 16.0 Å². The Hall–Kier alpha value is -1.32. The molecule has 2 aromatic rings. The van der Waals surface area contributed by atoms with Gasteiger partial charge in [0.25, 0.3) is 0 Å². The summed E-state index contributed by atoms with van der Waals surface area (Å²) in [7, 11) is 0. The quantitative estimate of drug-likeness (QED) is 0.906. The second kappa shape index (κ2) is 6.22. The maximum Gasteiger partial charge on any atom is 0.137 e. The van der Waals surface area contributed by atoms with Gasteiger partial charge in [0.05, 0.1) is 4.90 Å². The minimum Gasteiger partial charge on any atom is -0.328 e. The molecule has 0 aromatic heterocycles. The molecule has 0 saturated heterocycles. The lowest BCUT2D eigenvalue weighted by atomic mass is 10.1. The lowest BCUT2D eigenvalue weighted by molar-refractivity contribution is 0.593. The third-order valence-electron chi connectivity index (χ3n) is 2.90. The first kappa shape index (κ1) is 14.1. The van der Waals surface area contributed by atoms with Crippen molar-refractivity contribution in [2.75, 3.05) is 0 Å². The Balaban J connectivity index is 2.36. The second-order valence-electron chi connectivity index (χ2n) is 4.78. The number of aryl methyl sites for hydroxylation is 1. The zero-order chi connectivity index (χ0) is 13.8. The van der Waals surface area contributed by atoms with Gasteiger partial charge in [0.15, 0.2) is 0 Å². The fourth-order valence-electron chi connectivity index (χ4n) is 1.96. The van der Waals surface area contributed by atoms with Crippen LogP contribution in [0.2, 0.25) is 0 Å². The summed E-state index contributed by atoms with van der Waals surface area (Å²) in [4.78, 5) is 1.77. The second-order valence-corrected chi connectivity index (χ2v) is 5.83. The monoisotopic (exact) mass is 275 g/mol. The molecular weight excluding hydrogens is 257 g/mol. The molecule has 1 nitrogen and oxygen atoms in total. The van der Waals surface area contributed by atoms with Gasteiger partial charge in [-0.3, -0.25) is 0 Å². The Bertz CT molecular complexity index is 566. The van der Waals surface area contributed by atoms with Crippen molar-refractivity contribution < 1.29 is 4.39 Å². The van der Waals surface area contributed by atoms with Crippen LogP contribution in [0.1, 0.15) is 18.1 Å². The van der Waals surface area contributed by atoms with E-state index in [0.29, 0.717) is 11.3 Å². The van der Waals surface area contributed by atoms with Crippen LogP contribution in [0.4, 0.5) is 4.39 Å². The molecule has 1 atom stereocenters. The van der Waals surface area contributed by atoms with Gasteiger partial charge in [0.2, 0.25) is 0 Å². The van der Waals surface area contributed by atoms with Crippen LogP contribution < -0.4 is 5.73 Å². The number of hydrogen-bond donors (Lipinski definition) is 1. The normalized spacial score (nSPS) is 12.4. The highest BCUT2D eigenvalue weighted by Gasteiger charge is 2.12. The summed E-state index contributed by atoms with van der Waals surface area (Å²) in [5.74, 6) is -0.175. The fraction of sp³-hybridized carbons (Fsp3) is 0.250. The minimum atomic E-state index is -0.175. The minimum absolute atomic E-state index is 0.0259. The molecule has 0 aliphatic carbocycles. The van der Waals surface area contributed by atoms with Gasteiger partial charge in [-0.15, -0.1) is 0 Å². The van der Waals surface area contributed by atoms with Crippen LogP contribution in [0.15, 0.2) is 52.3 Å². The van der Waals surface area contributed by atoms with E-state index < -0.39 is 0 Å². The van der Waals surface area contributed by atoms with Crippen LogP contribution >= 0.6 is 11.8 Å². The van der Waals surface area contributed by atoms with Crippen LogP contribution in [0.25, 0.3) is 0 Å². The van der Waals surface area contributed by atoms with E-state index in [9.17, 15) is 4.39 Å². The van der Waals surface area contributed by atoms with E-state index in [-0.39, 0.29) is 11.9 Å². The highest BCUT2D eigenvalue weighted by Crippen LogP contribution is 2.34. The number of halogens is 1. The first-order valence-electron chi connectivity index (χ1n) is 6.34. The maximum atomic E-state index is 14.1. The van der Waals surface area contributed by atoms with Crippen LogP contribution in [0.3, 0.4) is 0 Å². The molecule has 1 unspecified atom stereocenters. The summed E-state index contributed by atoms with van der Waals surface area (Å²) < 4.78 is 14.1. The molecule has 0 amide bonds. The summed E-state index contributed by atoms with van der Waals surface area (Å²) in [5.41, 5.74) is 7.97. The van der Waals surface area contributed by atoms with Gasteiger partial charge >= 0.3 is 0 Å². The molecule has 100 valence electrons. The number of rotatable bonds is 4. The summed E-state index contributed by atoms with van der Waals surface area (Å²) >= 11 is 1.48. The molecule has 0 aliphatic rings. The zero-order valence-electron chi connectivity index (χ0n) is 11.2. The molecule has 0 spiro atoms. The molecule has 19 heavy (non-hydrogen) atoms. The standard InChI is InChI=1S/C16H18FNS/c1-11-6-3-4-9-15(11)19-16-13(10-12(2)18)7-5-8-14(16)17/h3-9,12H,10,18H2,1-2H3. The van der Waals surface area contributed by atoms with Crippen LogP contribution in [-0.4, -0.2) is 6.04 Å². The molecule has 0 radical (unpaired) electrons. The van der Waals surface area contributed by atoms with Gasteiger partial charge in [0, 0.05) is 10.9 Å². The summed E-state index contributed by atoms with van der Waals surface area (Å²) in [5, 5.41) is 0. The maximum absolute atomic E-state index is 14.1. The molecule has 2 N–H and O–H groups in total. The molecule has 0 bridgehead atoms. The van der Waals surface area contributed by atoms with Crippen LogP contribution in [0.5, 0.6) is 0 Å². The zero-order valence-corrected chi connectivity index (χ0v) is 12.0. The van der Waals surface area contributed by atoms with Crippen molar-refractivity contribution in [1.82, 2.24) is 0 Å². The summed E-state index contributed by atoms with van der Waals surface area (Å²) in [6, 6.07) is 13.2. The van der Waals surface area contributed by atoms with Gasteiger partial charge in [-0.25, -0.2) is 4.39 Å². The third-order valence-corrected chi connectivity index (χ3v) is 4.24. The largest absolute Gasteiger partial charge is 0.328 e. The molecule has 0 heterocycles. The molecule has 2 aromatic carbocycles. The Labute approximate surface area is 118 Å². The van der Waals surface area contributed by atoms with Gasteiger partial charge in [0.1, 0.15) is 5.82 Å². The molecule has 0 saturated carbocycles. The van der Waals surface area contributed by atoms with Gasteiger partial charge in [-0.1, -0.05) is 42.1 Å². The third kappa shape index (κ3) is 3.58. The number of nitrogens with two attached hydrogens (primary N) is 1. The Morgan fingerprint density at radius 3 is 2.58 bits per heavy atom. The predicted molar refractivity (Wildman–Crippen MR) is 79.1 cm³/mol. The first-order valence-corrected chi connectivity index (χ1v) is 7.16. The molecule has 0 aliphatic heterocycles. The molecular formula is C16H18FNS. The van der Waals surface area contributed by atoms with E-state index in [1.807, 2.05) is 44.2 Å². The van der Waals surface area contributed by atoms with Crippen molar-refractivity contribution in [3.8, 4) is 0 Å². The molecule has 2 rings (SSSR count). The Morgan fingerprint density at radius 1 is 1.16 bits per heavy atom. The fourth-order valence-corrected chi connectivity index (χ4v) is 3.00. The van der Waals surface area contributed by atoms with Crippen LogP contribution in [-0.2, 0) is 6.42 Å². The van der Waals surface area contributed by atoms with E-state index in [1.165, 1.54) is 17.8 Å². The average Bonchev–Trinajstić information content (AvgIpc) is 2.35.